The maximum Gasteiger partial charge on any atom is 0.309 e. The van der Waals surface area contributed by atoms with Crippen LogP contribution in [-0.2, 0) is 4.79 Å². The summed E-state index contributed by atoms with van der Waals surface area (Å²) >= 11 is 0. The Hall–Kier alpha value is -1.39. The first-order valence-corrected chi connectivity index (χ1v) is 5.10. The second kappa shape index (κ2) is 5.09. The van der Waals surface area contributed by atoms with Gasteiger partial charge in [-0.1, -0.05) is 13.8 Å². The van der Waals surface area contributed by atoms with E-state index in [1.807, 2.05) is 13.8 Å². The standard InChI is InChI=1S/C11H19NO4/c1-10(2,6-5-7-12(15)16)8-11(3,4)9(13)14/h5,7H,6,8H2,1-4H3,(H,13,14)/b7-5+. The Morgan fingerprint density at radius 2 is 1.88 bits per heavy atom. The Morgan fingerprint density at radius 3 is 2.25 bits per heavy atom. The highest BCUT2D eigenvalue weighted by Gasteiger charge is 2.34. The summed E-state index contributed by atoms with van der Waals surface area (Å²) in [4.78, 5) is 20.5. The van der Waals surface area contributed by atoms with Gasteiger partial charge in [0.2, 0.25) is 6.20 Å². The number of aliphatic carboxylic acids is 1. The smallest absolute Gasteiger partial charge is 0.309 e. The Kier molecular flexibility index (Phi) is 4.65. The molecule has 0 aromatic rings. The summed E-state index contributed by atoms with van der Waals surface area (Å²) in [6, 6.07) is 0. The van der Waals surface area contributed by atoms with Crippen LogP contribution in [0.15, 0.2) is 12.3 Å². The van der Waals surface area contributed by atoms with E-state index < -0.39 is 16.3 Å². The van der Waals surface area contributed by atoms with E-state index in [0.29, 0.717) is 12.8 Å². The zero-order valence-electron chi connectivity index (χ0n) is 10.2. The van der Waals surface area contributed by atoms with Crippen molar-refractivity contribution in [3.8, 4) is 0 Å². The molecule has 0 radical (unpaired) electrons. The molecule has 0 amide bonds. The van der Waals surface area contributed by atoms with E-state index in [-0.39, 0.29) is 5.41 Å². The average molecular weight is 229 g/mol. The van der Waals surface area contributed by atoms with Crippen LogP contribution in [0.2, 0.25) is 0 Å². The lowest BCUT2D eigenvalue weighted by atomic mass is 9.73. The van der Waals surface area contributed by atoms with Gasteiger partial charge in [0.05, 0.1) is 10.3 Å². The predicted octanol–water partition coefficient (Wildman–Crippen LogP) is 2.69. The summed E-state index contributed by atoms with van der Waals surface area (Å²) in [7, 11) is 0. The number of carbonyl (C=O) groups is 1. The Bertz CT molecular complexity index is 305. The van der Waals surface area contributed by atoms with E-state index >= 15 is 0 Å². The number of nitro groups is 1. The summed E-state index contributed by atoms with van der Waals surface area (Å²) in [5.74, 6) is -0.848. The highest BCUT2D eigenvalue weighted by Crippen LogP contribution is 2.36. The SMILES string of the molecule is CC(C)(C/C=C/[N+](=O)[O-])CC(C)(C)C(=O)O. The summed E-state index contributed by atoms with van der Waals surface area (Å²) in [5.41, 5.74) is -1.08. The molecular formula is C11H19NO4. The molecule has 0 bridgehead atoms. The minimum atomic E-state index is -0.848. The van der Waals surface area contributed by atoms with Crippen LogP contribution < -0.4 is 0 Å². The van der Waals surface area contributed by atoms with E-state index in [4.69, 9.17) is 5.11 Å². The first-order valence-electron chi connectivity index (χ1n) is 5.10. The highest BCUT2D eigenvalue weighted by molar-refractivity contribution is 5.73. The van der Waals surface area contributed by atoms with Gasteiger partial charge >= 0.3 is 5.97 Å². The van der Waals surface area contributed by atoms with Crippen molar-refractivity contribution in [1.29, 1.82) is 0 Å². The lowest BCUT2D eigenvalue weighted by molar-refractivity contribution is -0.402. The summed E-state index contributed by atoms with van der Waals surface area (Å²) in [6.07, 6.45) is 3.33. The van der Waals surface area contributed by atoms with Crippen LogP contribution in [0.25, 0.3) is 0 Å². The van der Waals surface area contributed by atoms with Gasteiger partial charge in [0, 0.05) is 0 Å². The Labute approximate surface area is 95.3 Å². The molecule has 0 aliphatic carbocycles. The Morgan fingerprint density at radius 1 is 1.38 bits per heavy atom. The summed E-state index contributed by atoms with van der Waals surface area (Å²) < 4.78 is 0. The average Bonchev–Trinajstić information content (AvgIpc) is 1.99. The van der Waals surface area contributed by atoms with Gasteiger partial charge in [-0.15, -0.1) is 0 Å². The van der Waals surface area contributed by atoms with Crippen LogP contribution in [-0.4, -0.2) is 16.0 Å². The second-order valence-corrected chi connectivity index (χ2v) is 5.40. The first-order chi connectivity index (χ1) is 7.07. The molecular weight excluding hydrogens is 210 g/mol. The molecule has 0 aromatic carbocycles. The fourth-order valence-corrected chi connectivity index (χ4v) is 1.80. The first kappa shape index (κ1) is 14.6. The normalized spacial score (nSPS) is 13.0. The van der Waals surface area contributed by atoms with Crippen LogP contribution >= 0.6 is 0 Å². The number of carboxylic acids is 1. The molecule has 16 heavy (non-hydrogen) atoms. The Balaban J connectivity index is 4.46. The number of hydrogen-bond acceptors (Lipinski definition) is 3. The van der Waals surface area contributed by atoms with Crippen molar-refractivity contribution in [2.24, 2.45) is 10.8 Å². The van der Waals surface area contributed by atoms with Crippen molar-refractivity contribution in [1.82, 2.24) is 0 Å². The number of nitrogens with zero attached hydrogens (tertiary/aromatic N) is 1. The van der Waals surface area contributed by atoms with E-state index in [0.717, 1.165) is 6.20 Å². The third kappa shape index (κ3) is 5.48. The largest absolute Gasteiger partial charge is 0.481 e. The van der Waals surface area contributed by atoms with E-state index in [9.17, 15) is 14.9 Å². The molecule has 0 atom stereocenters. The maximum atomic E-state index is 11.0. The molecule has 1 N–H and O–H groups in total. The van der Waals surface area contributed by atoms with Crippen molar-refractivity contribution >= 4 is 5.97 Å². The van der Waals surface area contributed by atoms with Crippen LogP contribution in [0.3, 0.4) is 0 Å². The van der Waals surface area contributed by atoms with Crippen LogP contribution in [0.5, 0.6) is 0 Å². The van der Waals surface area contributed by atoms with Gasteiger partial charge in [0.15, 0.2) is 0 Å². The second-order valence-electron chi connectivity index (χ2n) is 5.40. The van der Waals surface area contributed by atoms with Gasteiger partial charge in [-0.05, 0) is 38.2 Å². The van der Waals surface area contributed by atoms with E-state index in [2.05, 4.69) is 0 Å². The molecule has 0 aliphatic heterocycles. The molecule has 0 fully saturated rings. The lowest BCUT2D eigenvalue weighted by Gasteiger charge is -2.31. The van der Waals surface area contributed by atoms with Crippen LogP contribution in [0.1, 0.15) is 40.5 Å². The molecule has 0 aliphatic rings. The third-order valence-electron chi connectivity index (χ3n) is 2.40. The lowest BCUT2D eigenvalue weighted by Crippen LogP contribution is -2.30. The van der Waals surface area contributed by atoms with Gasteiger partial charge in [-0.3, -0.25) is 14.9 Å². The maximum absolute atomic E-state index is 11.0. The summed E-state index contributed by atoms with van der Waals surface area (Å²) in [6.45, 7) is 7.13. The van der Waals surface area contributed by atoms with E-state index in [1.54, 1.807) is 13.8 Å². The molecule has 92 valence electrons. The number of rotatable bonds is 6. The predicted molar refractivity (Wildman–Crippen MR) is 60.6 cm³/mol. The highest BCUT2D eigenvalue weighted by atomic mass is 16.6. The van der Waals surface area contributed by atoms with Crippen molar-refractivity contribution in [3.05, 3.63) is 22.4 Å². The number of allylic oxidation sites excluding steroid dienone is 1. The van der Waals surface area contributed by atoms with Crippen molar-refractivity contribution in [2.45, 2.75) is 40.5 Å². The van der Waals surface area contributed by atoms with Gasteiger partial charge < -0.3 is 5.11 Å². The van der Waals surface area contributed by atoms with Gasteiger partial charge in [-0.25, -0.2) is 0 Å². The monoisotopic (exact) mass is 229 g/mol. The zero-order valence-corrected chi connectivity index (χ0v) is 10.2. The molecule has 5 nitrogen and oxygen atoms in total. The molecule has 0 saturated heterocycles. The van der Waals surface area contributed by atoms with Gasteiger partial charge in [-0.2, -0.15) is 0 Å². The topological polar surface area (TPSA) is 80.4 Å². The van der Waals surface area contributed by atoms with Crippen molar-refractivity contribution in [2.75, 3.05) is 0 Å². The van der Waals surface area contributed by atoms with Crippen LogP contribution in [0, 0.1) is 20.9 Å². The van der Waals surface area contributed by atoms with Crippen molar-refractivity contribution in [3.63, 3.8) is 0 Å². The van der Waals surface area contributed by atoms with Gasteiger partial charge in [0.25, 0.3) is 0 Å². The van der Waals surface area contributed by atoms with Crippen molar-refractivity contribution < 1.29 is 14.8 Å². The zero-order chi connectivity index (χ0) is 13.0. The minimum Gasteiger partial charge on any atom is -0.481 e. The molecule has 0 unspecified atom stereocenters. The summed E-state index contributed by atoms with van der Waals surface area (Å²) in [5, 5.41) is 19.1. The van der Waals surface area contributed by atoms with Gasteiger partial charge in [0.1, 0.15) is 0 Å². The van der Waals surface area contributed by atoms with Crippen LogP contribution in [0.4, 0.5) is 0 Å². The minimum absolute atomic E-state index is 0.269. The molecule has 0 rings (SSSR count). The molecule has 0 spiro atoms. The fraction of sp³-hybridized carbons (Fsp3) is 0.727. The number of carboxylic acid groups (broad SMARTS) is 1. The fourth-order valence-electron chi connectivity index (χ4n) is 1.80. The molecule has 0 saturated carbocycles. The molecule has 0 aromatic heterocycles. The van der Waals surface area contributed by atoms with E-state index in [1.165, 1.54) is 6.08 Å². The number of hydrogen-bond donors (Lipinski definition) is 1. The quantitative estimate of drug-likeness (QED) is 0.561. The third-order valence-corrected chi connectivity index (χ3v) is 2.40. The molecule has 5 heteroatoms. The molecule has 0 heterocycles.